The highest BCUT2D eigenvalue weighted by molar-refractivity contribution is 6.34. The fourth-order valence-corrected chi connectivity index (χ4v) is 13.2. The lowest BCUT2D eigenvalue weighted by molar-refractivity contribution is 0.365. The van der Waals surface area contributed by atoms with Gasteiger partial charge in [0, 0.05) is 6.23 Å². The van der Waals surface area contributed by atoms with Crippen LogP contribution in [-0.2, 0) is 0 Å². The quantitative estimate of drug-likeness (QED) is 0.0471. The molecule has 0 spiro atoms. The van der Waals surface area contributed by atoms with Gasteiger partial charge in [-0.25, -0.2) is 0 Å². The van der Waals surface area contributed by atoms with Crippen LogP contribution in [0.4, 0.5) is 0 Å². The minimum atomic E-state index is 0.402. The van der Waals surface area contributed by atoms with Crippen LogP contribution in [0.1, 0.15) is 449 Å². The SMILES string of the molecule is NCCCCCCCCCCCCCCCCCCCCCCCCCCCCCCCCCCCCCCCCCCCCCCCCCCCCCCCCCCCCCCCCCCCCCCCC[Si]CO. The zero-order valence-corrected chi connectivity index (χ0v) is 54.1. The second kappa shape index (κ2) is 75.1. The molecule has 456 valence electrons. The number of unbranched alkanes of at least 4 members (excludes halogenated alkanes) is 69. The van der Waals surface area contributed by atoms with Crippen molar-refractivity contribution in [2.45, 2.75) is 456 Å². The molecule has 2 nitrogen and oxygen atoms in total. The van der Waals surface area contributed by atoms with Gasteiger partial charge in [-0.2, -0.15) is 0 Å². The van der Waals surface area contributed by atoms with E-state index < -0.39 is 0 Å². The van der Waals surface area contributed by atoms with Gasteiger partial charge in [0.15, 0.2) is 0 Å². The van der Waals surface area contributed by atoms with Gasteiger partial charge in [0.25, 0.3) is 0 Å². The molecule has 0 aliphatic heterocycles. The molecule has 3 N–H and O–H groups in total. The van der Waals surface area contributed by atoms with Crippen molar-refractivity contribution in [2.75, 3.05) is 12.8 Å². The van der Waals surface area contributed by atoms with Crippen LogP contribution in [0.3, 0.4) is 0 Å². The average Bonchev–Trinajstić information content (AvgIpc) is 3.43. The van der Waals surface area contributed by atoms with Crippen molar-refractivity contribution in [1.29, 1.82) is 0 Å². The van der Waals surface area contributed by atoms with E-state index in [1.807, 2.05) is 0 Å². The van der Waals surface area contributed by atoms with E-state index >= 15 is 0 Å². The zero-order valence-electron chi connectivity index (χ0n) is 53.1. The Hall–Kier alpha value is 0.137. The van der Waals surface area contributed by atoms with Crippen molar-refractivity contribution in [3.05, 3.63) is 0 Å². The predicted octanol–water partition coefficient (Wildman–Crippen LogP) is 26.3. The first-order valence-corrected chi connectivity index (χ1v) is 38.3. The summed E-state index contributed by atoms with van der Waals surface area (Å²) in [5.41, 5.74) is 5.58. The molecule has 0 aromatic rings. The van der Waals surface area contributed by atoms with Gasteiger partial charge >= 0.3 is 0 Å². The van der Waals surface area contributed by atoms with E-state index in [1.54, 1.807) is 0 Å². The summed E-state index contributed by atoms with van der Waals surface area (Å²) < 4.78 is 0. The summed E-state index contributed by atoms with van der Waals surface area (Å²) in [6.07, 6.45) is 104. The molecule has 3 heteroatoms. The number of nitrogens with two attached hydrogens (primary N) is 1. The van der Waals surface area contributed by atoms with E-state index in [9.17, 15) is 0 Å². The molecule has 0 fully saturated rings. The van der Waals surface area contributed by atoms with Crippen LogP contribution in [0.5, 0.6) is 0 Å². The highest BCUT2D eigenvalue weighted by atomic mass is 28.2. The fourth-order valence-electron chi connectivity index (χ4n) is 12.5. The van der Waals surface area contributed by atoms with Gasteiger partial charge in [-0.05, 0) is 13.0 Å². The summed E-state index contributed by atoms with van der Waals surface area (Å²) in [5, 5.41) is 8.86. The monoisotopic (exact) mass is 1080 g/mol. The summed E-state index contributed by atoms with van der Waals surface area (Å²) in [6, 6.07) is 1.25. The fraction of sp³-hybridized carbons (Fsp3) is 1.00. The lowest BCUT2D eigenvalue weighted by Crippen LogP contribution is -1.97. The Morgan fingerprint density at radius 3 is 0.329 bits per heavy atom. The second-order valence-electron chi connectivity index (χ2n) is 25.7. The van der Waals surface area contributed by atoms with Crippen LogP contribution in [0.15, 0.2) is 0 Å². The van der Waals surface area contributed by atoms with Gasteiger partial charge in [-0.3, -0.25) is 0 Å². The molecule has 76 heavy (non-hydrogen) atoms. The summed E-state index contributed by atoms with van der Waals surface area (Å²) >= 11 is 0. The molecular formula is C73H149NOSi. The first kappa shape index (κ1) is 76.1. The van der Waals surface area contributed by atoms with E-state index in [0.29, 0.717) is 6.23 Å². The molecule has 0 aromatic carbocycles. The lowest BCUT2D eigenvalue weighted by atomic mass is 10.0. The third-order valence-corrected chi connectivity index (χ3v) is 18.9. The standard InChI is InChI=1S/C73H149NOSi/c74-71-69-67-65-63-61-59-57-55-53-51-49-47-45-43-41-39-37-35-33-31-29-27-25-23-21-19-17-15-13-11-9-7-5-3-1-2-4-6-8-10-12-14-16-18-20-22-24-26-28-30-32-34-36-38-40-42-44-46-48-50-52-54-56-58-60-62-64-66-68-70-72-76-73-75/h75H,1-74H2. The molecule has 0 aliphatic carbocycles. The third kappa shape index (κ3) is 74.1. The van der Waals surface area contributed by atoms with E-state index in [0.717, 1.165) is 16.1 Å². The van der Waals surface area contributed by atoms with E-state index in [-0.39, 0.29) is 0 Å². The molecule has 0 rings (SSSR count). The molecule has 0 saturated carbocycles. The maximum absolute atomic E-state index is 8.86. The van der Waals surface area contributed by atoms with Gasteiger partial charge in [0.1, 0.15) is 0 Å². The number of aliphatic hydroxyl groups excluding tert-OH is 1. The third-order valence-electron chi connectivity index (χ3n) is 17.9. The lowest BCUT2D eigenvalue weighted by Gasteiger charge is -2.05. The van der Waals surface area contributed by atoms with E-state index in [2.05, 4.69) is 0 Å². The summed E-state index contributed by atoms with van der Waals surface area (Å²) in [4.78, 5) is 0. The molecule has 0 amide bonds. The Morgan fingerprint density at radius 2 is 0.237 bits per heavy atom. The van der Waals surface area contributed by atoms with Crippen LogP contribution in [-0.4, -0.2) is 27.4 Å². The molecule has 0 bridgehead atoms. The minimum Gasteiger partial charge on any atom is -0.400 e. The maximum atomic E-state index is 8.86. The average molecular weight is 1090 g/mol. The van der Waals surface area contributed by atoms with Crippen molar-refractivity contribution >= 4 is 9.52 Å². The summed E-state index contributed by atoms with van der Waals surface area (Å²) in [6.45, 7) is 0.874. The van der Waals surface area contributed by atoms with E-state index in [1.165, 1.54) is 456 Å². The number of aliphatic hydroxyl groups is 1. The number of rotatable bonds is 73. The topological polar surface area (TPSA) is 46.2 Å². The van der Waals surface area contributed by atoms with Gasteiger partial charge in [-0.15, -0.1) is 0 Å². The highest BCUT2D eigenvalue weighted by Gasteiger charge is 2.01. The highest BCUT2D eigenvalue weighted by Crippen LogP contribution is 2.21. The molecule has 0 saturated heterocycles. The molecule has 0 unspecified atom stereocenters. The van der Waals surface area contributed by atoms with Crippen molar-refractivity contribution < 1.29 is 5.11 Å². The number of hydrogen-bond acceptors (Lipinski definition) is 2. The maximum Gasteiger partial charge on any atom is 0.0729 e. The van der Waals surface area contributed by atoms with Crippen LogP contribution in [0.25, 0.3) is 0 Å². The molecule has 0 aromatic heterocycles. The Morgan fingerprint density at radius 1 is 0.145 bits per heavy atom. The Bertz CT molecular complexity index is 868. The number of hydrogen-bond donors (Lipinski definition) is 2. The van der Waals surface area contributed by atoms with Crippen LogP contribution in [0, 0.1) is 0 Å². The summed E-state index contributed by atoms with van der Waals surface area (Å²) in [5.74, 6) is 0. The first-order chi connectivity index (χ1) is 37.9. The van der Waals surface area contributed by atoms with Crippen molar-refractivity contribution in [3.8, 4) is 0 Å². The Balaban J connectivity index is 3.07. The Labute approximate surface area is 486 Å². The normalized spacial score (nSPS) is 11.8. The minimum absolute atomic E-state index is 0.402. The smallest absolute Gasteiger partial charge is 0.0729 e. The second-order valence-corrected chi connectivity index (χ2v) is 27.0. The van der Waals surface area contributed by atoms with Crippen molar-refractivity contribution in [1.82, 2.24) is 0 Å². The molecular weight excluding hydrogens is 935 g/mol. The first-order valence-electron chi connectivity index (χ1n) is 36.9. The predicted molar refractivity (Wildman–Crippen MR) is 350 cm³/mol. The van der Waals surface area contributed by atoms with Crippen LogP contribution >= 0.6 is 0 Å². The van der Waals surface area contributed by atoms with Crippen molar-refractivity contribution in [2.24, 2.45) is 5.73 Å². The van der Waals surface area contributed by atoms with Crippen molar-refractivity contribution in [3.63, 3.8) is 0 Å². The summed E-state index contributed by atoms with van der Waals surface area (Å²) in [7, 11) is 0.778. The van der Waals surface area contributed by atoms with Gasteiger partial charge in [0.2, 0.25) is 0 Å². The van der Waals surface area contributed by atoms with Gasteiger partial charge in [0.05, 0.1) is 9.52 Å². The Kier molecular flexibility index (Phi) is 75.3. The molecule has 0 heterocycles. The zero-order chi connectivity index (χ0) is 54.3. The molecule has 2 radical (unpaired) electrons. The van der Waals surface area contributed by atoms with Gasteiger partial charge < -0.3 is 10.8 Å². The molecule has 0 aliphatic rings. The van der Waals surface area contributed by atoms with E-state index in [4.69, 9.17) is 10.8 Å². The molecule has 0 atom stereocenters. The van der Waals surface area contributed by atoms with Crippen LogP contribution in [0.2, 0.25) is 6.04 Å². The largest absolute Gasteiger partial charge is 0.400 e. The van der Waals surface area contributed by atoms with Crippen LogP contribution < -0.4 is 5.73 Å². The van der Waals surface area contributed by atoms with Gasteiger partial charge in [-0.1, -0.05) is 449 Å².